The van der Waals surface area contributed by atoms with E-state index in [-0.39, 0.29) is 28.9 Å². The number of alkyl halides is 3. The van der Waals surface area contributed by atoms with Gasteiger partial charge in [-0.1, -0.05) is 11.6 Å². The zero-order valence-corrected chi connectivity index (χ0v) is 18.6. The molecule has 2 aromatic carbocycles. The Morgan fingerprint density at radius 2 is 1.79 bits per heavy atom. The Hall–Kier alpha value is -3.01. The number of nitrogens with two attached hydrogens (primary N) is 1. The van der Waals surface area contributed by atoms with E-state index in [4.69, 9.17) is 22.1 Å². The van der Waals surface area contributed by atoms with Gasteiger partial charge in [0.25, 0.3) is 5.91 Å². The highest BCUT2D eigenvalue weighted by Gasteiger charge is 2.36. The van der Waals surface area contributed by atoms with Crippen molar-refractivity contribution in [3.63, 3.8) is 0 Å². The van der Waals surface area contributed by atoms with E-state index in [0.717, 1.165) is 25.0 Å². The molecule has 34 heavy (non-hydrogen) atoms. The van der Waals surface area contributed by atoms with Crippen LogP contribution < -0.4 is 15.2 Å². The molecule has 2 aliphatic rings. The Balaban J connectivity index is 1.56. The van der Waals surface area contributed by atoms with Crippen molar-refractivity contribution in [2.75, 3.05) is 6.54 Å². The number of hydrogen-bond acceptors (Lipinski definition) is 4. The molecule has 0 radical (unpaired) electrons. The minimum absolute atomic E-state index is 0.00965. The Kier molecular flexibility index (Phi) is 6.62. The average molecular weight is 501 g/mol. The van der Waals surface area contributed by atoms with E-state index < -0.39 is 35.8 Å². The number of hydrogen-bond donors (Lipinski definition) is 1. The minimum atomic E-state index is -4.89. The molecule has 1 atom stereocenters. The second-order valence-electron chi connectivity index (χ2n) is 8.32. The van der Waals surface area contributed by atoms with Crippen molar-refractivity contribution in [1.29, 1.82) is 0 Å². The first-order valence-electron chi connectivity index (χ1n) is 10.6. The van der Waals surface area contributed by atoms with E-state index in [0.29, 0.717) is 30.5 Å². The molecule has 4 rings (SSSR count). The molecular weight excluding hydrogens is 480 g/mol. The number of carbonyl (C=O) groups excluding carboxylic acids is 2. The highest BCUT2D eigenvalue weighted by Crippen LogP contribution is 2.43. The van der Waals surface area contributed by atoms with Gasteiger partial charge in [-0.05, 0) is 67.0 Å². The van der Waals surface area contributed by atoms with E-state index in [1.807, 2.05) is 0 Å². The third-order valence-electron chi connectivity index (χ3n) is 5.79. The van der Waals surface area contributed by atoms with Crippen LogP contribution in [0.25, 0.3) is 0 Å². The molecule has 0 bridgehead atoms. The molecule has 2 fully saturated rings. The van der Waals surface area contributed by atoms with E-state index in [2.05, 4.69) is 4.74 Å². The fraction of sp³-hybridized carbons (Fsp3) is 0.391. The zero-order chi connectivity index (χ0) is 24.6. The van der Waals surface area contributed by atoms with Crippen molar-refractivity contribution < 1.29 is 36.6 Å². The van der Waals surface area contributed by atoms with Gasteiger partial charge in [-0.3, -0.25) is 9.59 Å². The summed E-state index contributed by atoms with van der Waals surface area (Å²) in [5, 5.41) is -0.0269. The number of amides is 2. The summed E-state index contributed by atoms with van der Waals surface area (Å²) in [6, 6.07) is 5.23. The summed E-state index contributed by atoms with van der Waals surface area (Å²) >= 11 is 5.87. The maximum atomic E-state index is 15.0. The molecule has 0 aromatic heterocycles. The Bertz CT molecular complexity index is 1120. The number of benzene rings is 2. The van der Waals surface area contributed by atoms with Crippen LogP contribution in [0.3, 0.4) is 0 Å². The molecule has 2 amide bonds. The predicted molar refractivity (Wildman–Crippen MR) is 114 cm³/mol. The molecule has 2 N–H and O–H groups in total. The monoisotopic (exact) mass is 500 g/mol. The second kappa shape index (κ2) is 9.32. The number of nitrogens with zero attached hydrogens (tertiary/aromatic N) is 1. The number of halogens is 5. The van der Waals surface area contributed by atoms with Gasteiger partial charge in [0, 0.05) is 17.6 Å². The van der Waals surface area contributed by atoms with Gasteiger partial charge in [0.2, 0.25) is 5.91 Å². The number of carbonyl (C=O) groups is 2. The highest BCUT2D eigenvalue weighted by atomic mass is 35.5. The van der Waals surface area contributed by atoms with Crippen LogP contribution in [0.4, 0.5) is 17.6 Å². The van der Waals surface area contributed by atoms with E-state index in [1.54, 1.807) is 0 Å². The van der Waals surface area contributed by atoms with Crippen LogP contribution in [0.5, 0.6) is 11.5 Å². The first kappa shape index (κ1) is 24.1. The van der Waals surface area contributed by atoms with Gasteiger partial charge >= 0.3 is 6.36 Å². The molecule has 1 unspecified atom stereocenters. The fourth-order valence-corrected chi connectivity index (χ4v) is 4.34. The lowest BCUT2D eigenvalue weighted by Gasteiger charge is -2.23. The lowest BCUT2D eigenvalue weighted by Crippen LogP contribution is -2.44. The smallest absolute Gasteiger partial charge is 0.489 e. The first-order valence-corrected chi connectivity index (χ1v) is 11.0. The molecule has 1 saturated heterocycles. The van der Waals surface area contributed by atoms with Gasteiger partial charge in [0.1, 0.15) is 30.0 Å². The van der Waals surface area contributed by atoms with Crippen LogP contribution in [0.2, 0.25) is 5.02 Å². The molecule has 182 valence electrons. The molecule has 1 aliphatic heterocycles. The molecule has 6 nitrogen and oxygen atoms in total. The lowest BCUT2D eigenvalue weighted by atomic mass is 9.99. The van der Waals surface area contributed by atoms with Crippen molar-refractivity contribution in [3.8, 4) is 11.5 Å². The topological polar surface area (TPSA) is 81.9 Å². The summed E-state index contributed by atoms with van der Waals surface area (Å²) in [5.41, 5.74) is 6.41. The number of primary amides is 1. The van der Waals surface area contributed by atoms with Gasteiger partial charge in [0.15, 0.2) is 0 Å². The van der Waals surface area contributed by atoms with Gasteiger partial charge in [0.05, 0.1) is 5.56 Å². The largest absolute Gasteiger partial charge is 0.573 e. The molecule has 1 heterocycles. The van der Waals surface area contributed by atoms with E-state index >= 15 is 4.39 Å². The summed E-state index contributed by atoms with van der Waals surface area (Å²) in [4.78, 5) is 25.9. The van der Waals surface area contributed by atoms with E-state index in [1.165, 1.54) is 23.1 Å². The van der Waals surface area contributed by atoms with Gasteiger partial charge in [-0.2, -0.15) is 0 Å². The Morgan fingerprint density at radius 1 is 1.09 bits per heavy atom. The van der Waals surface area contributed by atoms with Gasteiger partial charge in [-0.15, -0.1) is 13.2 Å². The summed E-state index contributed by atoms with van der Waals surface area (Å²) < 4.78 is 62.1. The molecular formula is C23H21ClF4N2O4. The molecule has 1 saturated carbocycles. The molecule has 11 heteroatoms. The summed E-state index contributed by atoms with van der Waals surface area (Å²) in [5.74, 6) is -2.43. The maximum Gasteiger partial charge on any atom is 0.573 e. The van der Waals surface area contributed by atoms with Gasteiger partial charge in [-0.25, -0.2) is 4.39 Å². The fourth-order valence-electron chi connectivity index (χ4n) is 4.13. The van der Waals surface area contributed by atoms with Crippen LogP contribution in [0, 0.1) is 5.82 Å². The van der Waals surface area contributed by atoms with Crippen molar-refractivity contribution >= 4 is 23.4 Å². The predicted octanol–water partition coefficient (Wildman–Crippen LogP) is 4.92. The SMILES string of the molecule is NC(=O)C1CCCN1C(=O)c1cc(C2CC2)c(COc2cc(Cl)cc(OC(F)(F)F)c2)cc1F. The molecule has 0 spiro atoms. The lowest BCUT2D eigenvalue weighted by molar-refractivity contribution is -0.274. The highest BCUT2D eigenvalue weighted by molar-refractivity contribution is 6.30. The molecule has 2 aromatic rings. The summed E-state index contributed by atoms with van der Waals surface area (Å²) in [7, 11) is 0. The first-order chi connectivity index (χ1) is 16.0. The Labute approximate surface area is 197 Å². The van der Waals surface area contributed by atoms with E-state index in [9.17, 15) is 22.8 Å². The summed E-state index contributed by atoms with van der Waals surface area (Å²) in [6.45, 7) is 0.156. The number of ether oxygens (including phenoxy) is 2. The third kappa shape index (κ3) is 5.55. The standard InChI is InChI=1S/C23H21ClF4N2O4/c24-14-7-15(9-16(8-14)34-23(26,27)28)33-11-13-6-19(25)18(10-17(13)12-3-4-12)22(32)30-5-1-2-20(30)21(29)31/h6-10,12,20H,1-5,11H2,(H2,29,31). The normalized spacial score (nSPS) is 18.1. The van der Waals surface area contributed by atoms with Crippen LogP contribution in [-0.2, 0) is 11.4 Å². The van der Waals surface area contributed by atoms with Crippen LogP contribution in [0.1, 0.15) is 53.1 Å². The van der Waals surface area contributed by atoms with Crippen molar-refractivity contribution in [2.24, 2.45) is 5.73 Å². The van der Waals surface area contributed by atoms with Crippen LogP contribution in [-0.4, -0.2) is 35.7 Å². The van der Waals surface area contributed by atoms with Gasteiger partial charge < -0.3 is 20.1 Å². The number of likely N-dealkylation sites (tertiary alicyclic amines) is 1. The van der Waals surface area contributed by atoms with Crippen LogP contribution >= 0.6 is 11.6 Å². The number of rotatable bonds is 7. The Morgan fingerprint density at radius 3 is 2.44 bits per heavy atom. The maximum absolute atomic E-state index is 15.0. The quantitative estimate of drug-likeness (QED) is 0.547. The summed E-state index contributed by atoms with van der Waals surface area (Å²) in [6.07, 6.45) is -2.16. The third-order valence-corrected chi connectivity index (χ3v) is 6.01. The minimum Gasteiger partial charge on any atom is -0.489 e. The second-order valence-corrected chi connectivity index (χ2v) is 8.76. The molecule has 1 aliphatic carbocycles. The zero-order valence-electron chi connectivity index (χ0n) is 17.8. The van der Waals surface area contributed by atoms with Crippen LogP contribution in [0.15, 0.2) is 30.3 Å². The van der Waals surface area contributed by atoms with Crippen molar-refractivity contribution in [1.82, 2.24) is 4.90 Å². The van der Waals surface area contributed by atoms with Crippen molar-refractivity contribution in [2.45, 2.75) is 50.6 Å². The van der Waals surface area contributed by atoms with Crippen molar-refractivity contribution in [3.05, 3.63) is 57.9 Å². The average Bonchev–Trinajstić information content (AvgIpc) is 3.45.